The average Bonchev–Trinajstić information content (AvgIpc) is 3.15. The van der Waals surface area contributed by atoms with Gasteiger partial charge >= 0.3 is 5.97 Å². The maximum Gasteiger partial charge on any atom is 0.323 e. The van der Waals surface area contributed by atoms with Gasteiger partial charge in [-0.05, 0) is 25.0 Å². The highest BCUT2D eigenvalue weighted by atomic mass is 32.2. The maximum absolute atomic E-state index is 12.8. The number of ether oxygens (including phenoxy) is 1. The van der Waals surface area contributed by atoms with Crippen LogP contribution in [0.15, 0.2) is 33.0 Å². The van der Waals surface area contributed by atoms with Crippen molar-refractivity contribution in [1.82, 2.24) is 4.90 Å². The number of nitrogens with zero attached hydrogens (tertiary/aromatic N) is 2. The zero-order chi connectivity index (χ0) is 22.1. The molecule has 1 aromatic rings. The first-order chi connectivity index (χ1) is 14.1. The first kappa shape index (κ1) is 22.9. The van der Waals surface area contributed by atoms with E-state index in [2.05, 4.69) is 0 Å². The number of amides is 1. The van der Waals surface area contributed by atoms with Crippen LogP contribution < -0.4 is 9.64 Å². The lowest BCUT2D eigenvalue weighted by atomic mass is 10.2. The van der Waals surface area contributed by atoms with Crippen LogP contribution >= 0.6 is 35.7 Å². The zero-order valence-corrected chi connectivity index (χ0v) is 19.0. The number of unbranched alkanes of at least 4 members (excludes halogenated alkanes) is 1. The van der Waals surface area contributed by atoms with E-state index in [1.807, 2.05) is 17.0 Å². The Morgan fingerprint density at radius 2 is 1.97 bits per heavy atom. The van der Waals surface area contributed by atoms with Gasteiger partial charge in [-0.15, -0.1) is 0 Å². The molecule has 0 spiro atoms. The minimum absolute atomic E-state index is 0.172. The minimum Gasteiger partial charge on any atom is -0.497 e. The number of carboxylic acids is 1. The highest BCUT2D eigenvalue weighted by Crippen LogP contribution is 2.51. The number of methoxy groups -OCH3 is 1. The topological polar surface area (TPSA) is 124 Å². The van der Waals surface area contributed by atoms with Gasteiger partial charge < -0.3 is 14.7 Å². The minimum atomic E-state index is -4.05. The Balaban J connectivity index is 1.92. The number of hydrogen-bond acceptors (Lipinski definition) is 9. The lowest BCUT2D eigenvalue weighted by Crippen LogP contribution is -2.33. The van der Waals surface area contributed by atoms with Gasteiger partial charge in [-0.1, -0.05) is 35.7 Å². The fourth-order valence-electron chi connectivity index (χ4n) is 2.93. The molecule has 30 heavy (non-hydrogen) atoms. The summed E-state index contributed by atoms with van der Waals surface area (Å²) in [6, 6.07) is 5.46. The number of rotatable bonds is 8. The predicted molar refractivity (Wildman–Crippen MR) is 118 cm³/mol. The van der Waals surface area contributed by atoms with E-state index < -0.39 is 28.5 Å². The average molecular weight is 491 g/mol. The van der Waals surface area contributed by atoms with Gasteiger partial charge in [-0.3, -0.25) is 19.0 Å². The van der Waals surface area contributed by atoms with E-state index in [1.165, 1.54) is 18.9 Å². The van der Waals surface area contributed by atoms with E-state index in [4.69, 9.17) is 26.6 Å². The number of carboxylic acid groups (broad SMARTS) is 1. The van der Waals surface area contributed by atoms with Gasteiger partial charge in [0, 0.05) is 17.5 Å². The van der Waals surface area contributed by atoms with Gasteiger partial charge in [0.15, 0.2) is 0 Å². The van der Waals surface area contributed by atoms with Gasteiger partial charge in [0.1, 0.15) is 26.5 Å². The molecule has 162 valence electrons. The van der Waals surface area contributed by atoms with Crippen LogP contribution in [0.2, 0.25) is 0 Å². The van der Waals surface area contributed by atoms with E-state index in [0.29, 0.717) is 28.6 Å². The third-order valence-electron chi connectivity index (χ3n) is 4.28. The fraction of sp³-hybridized carbons (Fsp3) is 0.353. The highest BCUT2D eigenvalue weighted by molar-refractivity contribution is 8.27. The van der Waals surface area contributed by atoms with Crippen LogP contribution in [-0.4, -0.2) is 65.1 Å². The van der Waals surface area contributed by atoms with Crippen molar-refractivity contribution in [3.8, 4) is 5.75 Å². The quantitative estimate of drug-likeness (QED) is 0.241. The molecule has 9 nitrogen and oxygen atoms in total. The van der Waals surface area contributed by atoms with E-state index in [9.17, 15) is 18.0 Å². The molecule has 1 aromatic carbocycles. The monoisotopic (exact) mass is 490 g/mol. The Morgan fingerprint density at radius 3 is 2.60 bits per heavy atom. The molecule has 2 aliphatic rings. The van der Waals surface area contributed by atoms with Crippen molar-refractivity contribution in [3.05, 3.63) is 28.1 Å². The second-order valence-electron chi connectivity index (χ2n) is 6.37. The van der Waals surface area contributed by atoms with Gasteiger partial charge in [0.2, 0.25) is 0 Å². The van der Waals surface area contributed by atoms with E-state index >= 15 is 0 Å². The summed E-state index contributed by atoms with van der Waals surface area (Å²) in [6.45, 7) is -0.123. The second-order valence-corrected chi connectivity index (χ2v) is 10.6. The van der Waals surface area contributed by atoms with Gasteiger partial charge in [-0.2, -0.15) is 8.42 Å². The molecule has 2 aliphatic heterocycles. The molecule has 1 fully saturated rings. The number of benzene rings is 1. The van der Waals surface area contributed by atoms with Gasteiger partial charge in [0.25, 0.3) is 16.0 Å². The van der Waals surface area contributed by atoms with Crippen LogP contribution in [0.4, 0.5) is 5.69 Å². The third-order valence-corrected chi connectivity index (χ3v) is 7.83. The smallest absolute Gasteiger partial charge is 0.323 e. The molecule has 2 N–H and O–H groups in total. The van der Waals surface area contributed by atoms with Crippen molar-refractivity contribution in [2.24, 2.45) is 0 Å². The number of hydrogen-bond donors (Lipinski definition) is 2. The molecule has 1 amide bonds. The molecule has 2 heterocycles. The van der Waals surface area contributed by atoms with Crippen LogP contribution in [0, 0.1) is 0 Å². The van der Waals surface area contributed by atoms with Crippen LogP contribution in [0.5, 0.6) is 5.75 Å². The molecule has 0 unspecified atom stereocenters. The van der Waals surface area contributed by atoms with Crippen molar-refractivity contribution in [3.63, 3.8) is 0 Å². The predicted octanol–water partition coefficient (Wildman–Crippen LogP) is 2.39. The SMILES string of the molecule is COc1ccc2c(c1)N(CCCCS(=O)(=O)O)C(=C1SC(=S)N(CC(=O)O)C1=O)S2. The summed E-state index contributed by atoms with van der Waals surface area (Å²) in [5.41, 5.74) is 0.796. The Labute approximate surface area is 187 Å². The molecule has 1 saturated heterocycles. The zero-order valence-electron chi connectivity index (χ0n) is 15.7. The number of fused-ring (bicyclic) bond motifs is 1. The molecule has 0 aromatic heterocycles. The highest BCUT2D eigenvalue weighted by Gasteiger charge is 2.39. The number of carbonyl (C=O) groups is 2. The molecule has 0 aliphatic carbocycles. The molecular weight excluding hydrogens is 472 g/mol. The van der Waals surface area contributed by atoms with Crippen LogP contribution in [-0.2, 0) is 19.7 Å². The summed E-state index contributed by atoms with van der Waals surface area (Å²) in [5, 5.41) is 9.65. The summed E-state index contributed by atoms with van der Waals surface area (Å²) in [7, 11) is -2.51. The van der Waals surface area contributed by atoms with Crippen molar-refractivity contribution in [1.29, 1.82) is 0 Å². The molecule has 0 bridgehead atoms. The summed E-state index contributed by atoms with van der Waals surface area (Å²) >= 11 is 7.59. The van der Waals surface area contributed by atoms with Gasteiger partial charge in [-0.25, -0.2) is 0 Å². The van der Waals surface area contributed by atoms with Crippen molar-refractivity contribution in [2.75, 3.05) is 30.9 Å². The molecular formula is C17H18N2O7S4. The second kappa shape index (κ2) is 9.14. The summed E-state index contributed by atoms with van der Waals surface area (Å²) in [6.07, 6.45) is 0.683. The van der Waals surface area contributed by atoms with Crippen LogP contribution in [0.3, 0.4) is 0 Å². The molecule has 0 radical (unpaired) electrons. The summed E-state index contributed by atoms with van der Waals surface area (Å²) < 4.78 is 36.4. The van der Waals surface area contributed by atoms with Crippen LogP contribution in [0.25, 0.3) is 0 Å². The Bertz CT molecular complexity index is 1040. The number of anilines is 1. The fourth-order valence-corrected chi connectivity index (χ4v) is 6.08. The lowest BCUT2D eigenvalue weighted by molar-refractivity contribution is -0.140. The number of carbonyl (C=O) groups excluding carboxylic acids is 1. The maximum atomic E-state index is 12.8. The number of thiocarbonyl (C=S) groups is 1. The van der Waals surface area contributed by atoms with Crippen molar-refractivity contribution in [2.45, 2.75) is 17.7 Å². The standard InChI is InChI=1S/C17H18N2O7S4/c1-26-10-4-5-12-11(8-10)18(6-2-3-7-30(23,24)25)16(28-12)14-15(22)19(9-13(20)21)17(27)29-14/h4-5,8H,2-3,6-7,9H2,1H3,(H,20,21)(H,23,24,25). The largest absolute Gasteiger partial charge is 0.497 e. The van der Waals surface area contributed by atoms with Crippen molar-refractivity contribution < 1.29 is 32.4 Å². The van der Waals surface area contributed by atoms with E-state index in [-0.39, 0.29) is 16.5 Å². The van der Waals surface area contributed by atoms with Gasteiger partial charge in [0.05, 0.1) is 18.6 Å². The normalized spacial score (nSPS) is 18.9. The van der Waals surface area contributed by atoms with Crippen molar-refractivity contribution >= 4 is 67.7 Å². The summed E-state index contributed by atoms with van der Waals surface area (Å²) in [5.74, 6) is -1.36. The Kier molecular flexibility index (Phi) is 6.97. The lowest BCUT2D eigenvalue weighted by Gasteiger charge is -2.21. The van der Waals surface area contributed by atoms with Crippen LogP contribution in [0.1, 0.15) is 12.8 Å². The van der Waals surface area contributed by atoms with E-state index in [1.54, 1.807) is 6.07 Å². The Hall–Kier alpha value is -1.80. The van der Waals surface area contributed by atoms with E-state index in [0.717, 1.165) is 27.2 Å². The first-order valence-corrected chi connectivity index (χ1v) is 12.3. The number of thioether (sulfide) groups is 2. The molecule has 0 atom stereocenters. The summed E-state index contributed by atoms with van der Waals surface area (Å²) in [4.78, 5) is 28.0. The third kappa shape index (κ3) is 5.09. The molecule has 0 saturated carbocycles. The Morgan fingerprint density at radius 1 is 1.23 bits per heavy atom. The number of aliphatic carboxylic acids is 1. The molecule has 3 rings (SSSR count). The molecule has 13 heteroatoms. The first-order valence-electron chi connectivity index (χ1n) is 8.69.